The molecule has 1 aromatic carbocycles. The molecule has 3 nitrogen and oxygen atoms in total. The van der Waals surface area contributed by atoms with E-state index in [1.165, 1.54) is 11.1 Å². The van der Waals surface area contributed by atoms with Crippen LogP contribution in [0.2, 0.25) is 0 Å². The minimum absolute atomic E-state index is 0.111. The van der Waals surface area contributed by atoms with E-state index in [4.69, 9.17) is 4.74 Å². The van der Waals surface area contributed by atoms with Crippen LogP contribution in [0.3, 0.4) is 0 Å². The molecule has 0 aliphatic carbocycles. The van der Waals surface area contributed by atoms with Crippen LogP contribution in [0.1, 0.15) is 43.0 Å². The number of hydrogen-bond acceptors (Lipinski definition) is 3. The summed E-state index contributed by atoms with van der Waals surface area (Å²) in [5, 5.41) is 3.59. The zero-order valence-electron chi connectivity index (χ0n) is 13.1. The second-order valence-electron chi connectivity index (χ2n) is 5.08. The zero-order chi connectivity index (χ0) is 15.1. The number of aromatic nitrogens is 1. The third-order valence-electron chi connectivity index (χ3n) is 3.62. The molecule has 0 aliphatic rings. The Morgan fingerprint density at radius 2 is 1.90 bits per heavy atom. The lowest BCUT2D eigenvalue weighted by Gasteiger charge is -2.21. The Bertz CT molecular complexity index is 551. The van der Waals surface area contributed by atoms with Gasteiger partial charge in [0, 0.05) is 11.8 Å². The molecule has 0 aliphatic heterocycles. The highest BCUT2D eigenvalue weighted by atomic mass is 16.5. The predicted molar refractivity (Wildman–Crippen MR) is 86.7 cm³/mol. The Hall–Kier alpha value is -1.87. The number of hydrogen-bond donors (Lipinski definition) is 1. The summed E-state index contributed by atoms with van der Waals surface area (Å²) < 4.78 is 5.42. The van der Waals surface area contributed by atoms with Gasteiger partial charge in [-0.2, -0.15) is 0 Å². The molecular formula is C18H24N2O. The topological polar surface area (TPSA) is 34.2 Å². The maximum absolute atomic E-state index is 5.42. The molecule has 1 unspecified atom stereocenters. The highest BCUT2D eigenvalue weighted by Crippen LogP contribution is 2.28. The zero-order valence-corrected chi connectivity index (χ0v) is 13.1. The van der Waals surface area contributed by atoms with Crippen molar-refractivity contribution in [3.05, 3.63) is 59.3 Å². The van der Waals surface area contributed by atoms with Crippen LogP contribution >= 0.6 is 0 Å². The molecule has 1 N–H and O–H groups in total. The van der Waals surface area contributed by atoms with Gasteiger partial charge in [-0.15, -0.1) is 0 Å². The normalized spacial score (nSPS) is 12.1. The number of pyridine rings is 1. The van der Waals surface area contributed by atoms with E-state index in [-0.39, 0.29) is 6.04 Å². The van der Waals surface area contributed by atoms with Crippen LogP contribution in [-0.4, -0.2) is 18.6 Å². The number of rotatable bonds is 7. The van der Waals surface area contributed by atoms with E-state index >= 15 is 0 Å². The molecule has 1 aromatic heterocycles. The molecule has 112 valence electrons. The third-order valence-corrected chi connectivity index (χ3v) is 3.62. The molecule has 0 saturated heterocycles. The molecule has 0 amide bonds. The van der Waals surface area contributed by atoms with Gasteiger partial charge in [0.1, 0.15) is 0 Å². The van der Waals surface area contributed by atoms with Crippen LogP contribution in [-0.2, 0) is 6.42 Å². The van der Waals surface area contributed by atoms with Crippen molar-refractivity contribution in [2.45, 2.75) is 32.7 Å². The van der Waals surface area contributed by atoms with Gasteiger partial charge in [0.15, 0.2) is 0 Å². The van der Waals surface area contributed by atoms with E-state index in [1.807, 2.05) is 6.07 Å². The van der Waals surface area contributed by atoms with E-state index < -0.39 is 0 Å². The smallest absolute Gasteiger partial charge is 0.218 e. The van der Waals surface area contributed by atoms with Crippen molar-refractivity contribution in [2.24, 2.45) is 0 Å². The van der Waals surface area contributed by atoms with Gasteiger partial charge < -0.3 is 10.1 Å². The van der Waals surface area contributed by atoms with Gasteiger partial charge in [-0.05, 0) is 36.6 Å². The first-order chi connectivity index (χ1) is 10.3. The van der Waals surface area contributed by atoms with Gasteiger partial charge in [-0.1, -0.05) is 44.2 Å². The summed E-state index contributed by atoms with van der Waals surface area (Å²) in [6, 6.07) is 12.9. The highest BCUT2D eigenvalue weighted by molar-refractivity contribution is 5.38. The van der Waals surface area contributed by atoms with E-state index in [0.29, 0.717) is 5.88 Å². The Morgan fingerprint density at radius 1 is 1.14 bits per heavy atom. The van der Waals surface area contributed by atoms with E-state index in [0.717, 1.165) is 24.9 Å². The molecule has 0 radical (unpaired) electrons. The average Bonchev–Trinajstić information content (AvgIpc) is 2.56. The van der Waals surface area contributed by atoms with Crippen molar-refractivity contribution in [1.82, 2.24) is 10.3 Å². The molecule has 0 saturated carbocycles. The largest absolute Gasteiger partial charge is 0.481 e. The maximum Gasteiger partial charge on any atom is 0.218 e. The number of nitrogens with zero attached hydrogens (tertiary/aromatic N) is 1. The van der Waals surface area contributed by atoms with E-state index in [9.17, 15) is 0 Å². The first kappa shape index (κ1) is 15.5. The summed E-state index contributed by atoms with van der Waals surface area (Å²) in [5.74, 6) is 0.686. The molecule has 1 heterocycles. The minimum Gasteiger partial charge on any atom is -0.481 e. The Balaban J connectivity index is 2.36. The first-order valence-corrected chi connectivity index (χ1v) is 7.61. The Kier molecular flexibility index (Phi) is 5.76. The van der Waals surface area contributed by atoms with Crippen LogP contribution in [0.25, 0.3) is 0 Å². The number of aryl methyl sites for hydroxylation is 1. The second kappa shape index (κ2) is 7.79. The van der Waals surface area contributed by atoms with Crippen molar-refractivity contribution in [1.29, 1.82) is 0 Å². The first-order valence-electron chi connectivity index (χ1n) is 7.61. The summed E-state index contributed by atoms with van der Waals surface area (Å²) in [6.45, 7) is 5.30. The number of nitrogens with one attached hydrogen (secondary N) is 1. The number of ether oxygens (including phenoxy) is 1. The number of benzene rings is 1. The van der Waals surface area contributed by atoms with Crippen molar-refractivity contribution < 1.29 is 4.74 Å². The van der Waals surface area contributed by atoms with E-state index in [2.05, 4.69) is 54.5 Å². The summed E-state index contributed by atoms with van der Waals surface area (Å²) in [4.78, 5) is 4.32. The van der Waals surface area contributed by atoms with Crippen LogP contribution in [0.15, 0.2) is 42.6 Å². The lowest BCUT2D eigenvalue weighted by molar-refractivity contribution is 0.387. The van der Waals surface area contributed by atoms with Gasteiger partial charge in [0.25, 0.3) is 0 Å². The molecule has 21 heavy (non-hydrogen) atoms. The third kappa shape index (κ3) is 3.82. The molecular weight excluding hydrogens is 260 g/mol. The molecule has 0 spiro atoms. The van der Waals surface area contributed by atoms with Crippen molar-refractivity contribution in [3.63, 3.8) is 0 Å². The van der Waals surface area contributed by atoms with Gasteiger partial charge in [-0.25, -0.2) is 4.98 Å². The second-order valence-corrected chi connectivity index (χ2v) is 5.08. The molecule has 2 aromatic rings. The Labute approximate surface area is 127 Å². The fourth-order valence-corrected chi connectivity index (χ4v) is 2.44. The number of methoxy groups -OCH3 is 1. The molecule has 0 fully saturated rings. The summed E-state index contributed by atoms with van der Waals surface area (Å²) >= 11 is 0. The molecule has 0 bridgehead atoms. The van der Waals surface area contributed by atoms with Crippen LogP contribution in [0.4, 0.5) is 0 Å². The lowest BCUT2D eigenvalue weighted by atomic mass is 9.98. The fraction of sp³-hybridized carbons (Fsp3) is 0.389. The van der Waals surface area contributed by atoms with Crippen LogP contribution in [0, 0.1) is 0 Å². The van der Waals surface area contributed by atoms with Gasteiger partial charge in [-0.3, -0.25) is 0 Å². The lowest BCUT2D eigenvalue weighted by Crippen LogP contribution is -2.24. The summed E-state index contributed by atoms with van der Waals surface area (Å²) in [6.07, 6.45) is 3.91. The molecule has 2 rings (SSSR count). The predicted octanol–water partition coefficient (Wildman–Crippen LogP) is 3.74. The van der Waals surface area contributed by atoms with Crippen LogP contribution in [0.5, 0.6) is 5.88 Å². The monoisotopic (exact) mass is 284 g/mol. The van der Waals surface area contributed by atoms with Crippen molar-refractivity contribution in [2.75, 3.05) is 13.7 Å². The fourth-order valence-electron chi connectivity index (χ4n) is 2.44. The highest BCUT2D eigenvalue weighted by Gasteiger charge is 2.18. The van der Waals surface area contributed by atoms with Crippen molar-refractivity contribution in [3.8, 4) is 5.88 Å². The van der Waals surface area contributed by atoms with Crippen LogP contribution < -0.4 is 10.1 Å². The van der Waals surface area contributed by atoms with Gasteiger partial charge in [0.05, 0.1) is 13.2 Å². The maximum atomic E-state index is 5.42. The van der Waals surface area contributed by atoms with Gasteiger partial charge >= 0.3 is 0 Å². The SMILES string of the molecule is CCCNC(c1ccc(CC)cc1)c1cccnc1OC. The van der Waals surface area contributed by atoms with Gasteiger partial charge in [0.2, 0.25) is 5.88 Å². The molecule has 1 atom stereocenters. The minimum atomic E-state index is 0.111. The summed E-state index contributed by atoms with van der Waals surface area (Å²) in [5.41, 5.74) is 3.68. The quantitative estimate of drug-likeness (QED) is 0.841. The Morgan fingerprint density at radius 3 is 2.52 bits per heavy atom. The van der Waals surface area contributed by atoms with Crippen molar-refractivity contribution >= 4 is 0 Å². The average molecular weight is 284 g/mol. The summed E-state index contributed by atoms with van der Waals surface area (Å²) in [7, 11) is 1.67. The van der Waals surface area contributed by atoms with E-state index in [1.54, 1.807) is 13.3 Å². The molecule has 3 heteroatoms. The standard InChI is InChI=1S/C18H24N2O/c1-4-12-19-17(15-10-8-14(5-2)9-11-15)16-7-6-13-20-18(16)21-3/h6-11,13,17,19H,4-5,12H2,1-3H3.